The van der Waals surface area contributed by atoms with Crippen LogP contribution >= 0.6 is 23.3 Å². The van der Waals surface area contributed by atoms with Crippen molar-refractivity contribution < 1.29 is 0 Å². The van der Waals surface area contributed by atoms with E-state index in [-0.39, 0.29) is 0 Å². The van der Waals surface area contributed by atoms with Crippen molar-refractivity contribution in [2.75, 3.05) is 0 Å². The number of tetrazole rings is 1. The molecule has 2 heterocycles. The molecule has 0 saturated carbocycles. The summed E-state index contributed by atoms with van der Waals surface area (Å²) in [6.07, 6.45) is 0.839. The van der Waals surface area contributed by atoms with Gasteiger partial charge in [0.15, 0.2) is 4.34 Å². The zero-order valence-electron chi connectivity index (χ0n) is 10.8. The minimum absolute atomic E-state index is 0.648. The molecular weight excluding hydrogens is 292 g/mol. The van der Waals surface area contributed by atoms with E-state index in [9.17, 15) is 0 Å². The van der Waals surface area contributed by atoms with E-state index in [1.54, 1.807) is 4.68 Å². The quantitative estimate of drug-likeness (QED) is 0.720. The lowest BCUT2D eigenvalue weighted by atomic mass is 10.2. The SMILES string of the molecule is CCc1nsc(Sc2nnnn2Cc2ccccc2)n1. The Morgan fingerprint density at radius 3 is 2.85 bits per heavy atom. The topological polar surface area (TPSA) is 69.4 Å². The Kier molecular flexibility index (Phi) is 4.03. The van der Waals surface area contributed by atoms with E-state index < -0.39 is 0 Å². The molecule has 2 aromatic heterocycles. The van der Waals surface area contributed by atoms with Gasteiger partial charge in [0.2, 0.25) is 5.16 Å². The Bertz CT molecular complexity index is 678. The molecule has 0 aliphatic heterocycles. The lowest BCUT2D eigenvalue weighted by Crippen LogP contribution is -2.03. The summed E-state index contributed by atoms with van der Waals surface area (Å²) in [5.74, 6) is 0.861. The summed E-state index contributed by atoms with van der Waals surface area (Å²) >= 11 is 2.83. The monoisotopic (exact) mass is 304 g/mol. The van der Waals surface area contributed by atoms with Gasteiger partial charge in [-0.25, -0.2) is 9.67 Å². The first kappa shape index (κ1) is 13.2. The highest BCUT2D eigenvalue weighted by molar-refractivity contribution is 8.00. The molecule has 3 rings (SSSR count). The summed E-state index contributed by atoms with van der Waals surface area (Å²) in [5, 5.41) is 12.5. The predicted molar refractivity (Wildman–Crippen MR) is 76.8 cm³/mol. The molecule has 0 N–H and O–H groups in total. The molecule has 0 aliphatic carbocycles. The lowest BCUT2D eigenvalue weighted by molar-refractivity contribution is 0.603. The predicted octanol–water partition coefficient (Wildman–Crippen LogP) is 2.29. The van der Waals surface area contributed by atoms with Crippen LogP contribution in [-0.4, -0.2) is 29.6 Å². The van der Waals surface area contributed by atoms with Gasteiger partial charge in [0.05, 0.1) is 6.54 Å². The van der Waals surface area contributed by atoms with E-state index >= 15 is 0 Å². The molecule has 102 valence electrons. The van der Waals surface area contributed by atoms with Gasteiger partial charge in [0, 0.05) is 6.42 Å². The Labute approximate surface area is 124 Å². The summed E-state index contributed by atoms with van der Waals surface area (Å²) in [5.41, 5.74) is 1.16. The van der Waals surface area contributed by atoms with Gasteiger partial charge in [0.1, 0.15) is 5.82 Å². The Balaban J connectivity index is 1.76. The number of aromatic nitrogens is 6. The maximum atomic E-state index is 4.41. The largest absolute Gasteiger partial charge is 0.216 e. The number of benzene rings is 1. The maximum absolute atomic E-state index is 4.41. The average molecular weight is 304 g/mol. The molecule has 0 amide bonds. The molecular formula is C12H12N6S2. The zero-order valence-corrected chi connectivity index (χ0v) is 12.4. The van der Waals surface area contributed by atoms with Gasteiger partial charge in [-0.05, 0) is 39.3 Å². The van der Waals surface area contributed by atoms with Gasteiger partial charge in [0.25, 0.3) is 0 Å². The first-order valence-electron chi connectivity index (χ1n) is 6.15. The van der Waals surface area contributed by atoms with Crippen LogP contribution in [0.1, 0.15) is 18.3 Å². The fourth-order valence-corrected chi connectivity index (χ4v) is 3.20. The summed E-state index contributed by atoms with van der Waals surface area (Å²) in [7, 11) is 0. The molecule has 1 aromatic carbocycles. The number of aryl methyl sites for hydroxylation is 1. The van der Waals surface area contributed by atoms with Gasteiger partial charge in [-0.15, -0.1) is 5.10 Å². The second-order valence-corrected chi connectivity index (χ2v) is 6.00. The highest BCUT2D eigenvalue weighted by atomic mass is 32.2. The number of rotatable bonds is 5. The molecule has 8 heteroatoms. The van der Waals surface area contributed by atoms with Crippen LogP contribution in [0.3, 0.4) is 0 Å². The van der Waals surface area contributed by atoms with Crippen LogP contribution in [0, 0.1) is 0 Å². The number of nitrogens with zero attached hydrogens (tertiary/aromatic N) is 6. The van der Waals surface area contributed by atoms with Crippen LogP contribution in [0.5, 0.6) is 0 Å². The van der Waals surface area contributed by atoms with Gasteiger partial charge >= 0.3 is 0 Å². The Morgan fingerprint density at radius 1 is 1.25 bits per heavy atom. The van der Waals surface area contributed by atoms with E-state index in [4.69, 9.17) is 0 Å². The number of hydrogen-bond acceptors (Lipinski definition) is 7. The van der Waals surface area contributed by atoms with E-state index in [2.05, 4.69) is 37.0 Å². The summed E-state index contributed by atoms with van der Waals surface area (Å²) in [6, 6.07) is 10.1. The zero-order chi connectivity index (χ0) is 13.8. The number of hydrogen-bond donors (Lipinski definition) is 0. The molecule has 0 spiro atoms. The third-order valence-electron chi connectivity index (χ3n) is 2.62. The highest BCUT2D eigenvalue weighted by Gasteiger charge is 2.12. The minimum atomic E-state index is 0.648. The van der Waals surface area contributed by atoms with E-state index in [1.165, 1.54) is 23.3 Å². The van der Waals surface area contributed by atoms with Crippen molar-refractivity contribution in [2.45, 2.75) is 29.4 Å². The van der Waals surface area contributed by atoms with Crippen LogP contribution < -0.4 is 0 Å². The standard InChI is InChI=1S/C12H12N6S2/c1-2-10-13-12(20-15-10)19-11-14-16-17-18(11)8-9-6-4-3-5-7-9/h3-7H,2,8H2,1H3. The lowest BCUT2D eigenvalue weighted by Gasteiger charge is -2.02. The van der Waals surface area contributed by atoms with Gasteiger partial charge in [-0.2, -0.15) is 4.37 Å². The van der Waals surface area contributed by atoms with Gasteiger partial charge < -0.3 is 0 Å². The van der Waals surface area contributed by atoms with Crippen molar-refractivity contribution in [2.24, 2.45) is 0 Å². The normalized spacial score (nSPS) is 10.8. The Morgan fingerprint density at radius 2 is 2.10 bits per heavy atom. The van der Waals surface area contributed by atoms with Crippen molar-refractivity contribution in [3.63, 3.8) is 0 Å². The molecule has 0 saturated heterocycles. The molecule has 6 nitrogen and oxygen atoms in total. The van der Waals surface area contributed by atoms with Crippen molar-refractivity contribution in [3.8, 4) is 0 Å². The van der Waals surface area contributed by atoms with Crippen LogP contribution in [0.15, 0.2) is 39.8 Å². The highest BCUT2D eigenvalue weighted by Crippen LogP contribution is 2.27. The fraction of sp³-hybridized carbons (Fsp3) is 0.250. The van der Waals surface area contributed by atoms with Crippen molar-refractivity contribution in [3.05, 3.63) is 41.7 Å². The molecule has 0 atom stereocenters. The van der Waals surface area contributed by atoms with E-state index in [0.29, 0.717) is 6.54 Å². The fourth-order valence-electron chi connectivity index (χ4n) is 1.63. The van der Waals surface area contributed by atoms with Gasteiger partial charge in [-0.3, -0.25) is 0 Å². The molecule has 20 heavy (non-hydrogen) atoms. The average Bonchev–Trinajstić information content (AvgIpc) is 3.10. The molecule has 0 aliphatic rings. The van der Waals surface area contributed by atoms with E-state index in [1.807, 2.05) is 25.1 Å². The molecule has 0 fully saturated rings. The first-order valence-corrected chi connectivity index (χ1v) is 7.74. The molecule has 0 bridgehead atoms. The Hall–Kier alpha value is -1.80. The van der Waals surface area contributed by atoms with Crippen molar-refractivity contribution >= 4 is 23.3 Å². The van der Waals surface area contributed by atoms with Crippen molar-refractivity contribution in [1.29, 1.82) is 0 Å². The van der Waals surface area contributed by atoms with E-state index in [0.717, 1.165) is 27.3 Å². The third kappa shape index (κ3) is 3.02. The summed E-state index contributed by atoms with van der Waals surface area (Å²) < 4.78 is 6.90. The van der Waals surface area contributed by atoms with Crippen molar-refractivity contribution in [1.82, 2.24) is 29.6 Å². The third-order valence-corrected chi connectivity index (χ3v) is 4.38. The minimum Gasteiger partial charge on any atom is -0.216 e. The molecule has 3 aromatic rings. The summed E-state index contributed by atoms with van der Waals surface area (Å²) in [4.78, 5) is 4.41. The summed E-state index contributed by atoms with van der Waals surface area (Å²) in [6.45, 7) is 2.69. The van der Waals surface area contributed by atoms with Crippen LogP contribution in [0.2, 0.25) is 0 Å². The second kappa shape index (κ2) is 6.10. The second-order valence-electron chi connectivity index (χ2n) is 4.04. The molecule has 0 radical (unpaired) electrons. The van der Waals surface area contributed by atoms with Crippen LogP contribution in [0.25, 0.3) is 0 Å². The first-order chi connectivity index (χ1) is 9.85. The molecule has 0 unspecified atom stereocenters. The van der Waals surface area contributed by atoms with Gasteiger partial charge in [-0.1, -0.05) is 37.3 Å². The maximum Gasteiger partial charge on any atom is 0.216 e. The van der Waals surface area contributed by atoms with Crippen LogP contribution in [-0.2, 0) is 13.0 Å². The van der Waals surface area contributed by atoms with Crippen LogP contribution in [0.4, 0.5) is 0 Å². The smallest absolute Gasteiger partial charge is 0.216 e.